The molecule has 0 spiro atoms. The van der Waals surface area contributed by atoms with Crippen LogP contribution in [-0.4, -0.2) is 40.7 Å². The lowest BCUT2D eigenvalue weighted by Crippen LogP contribution is -2.39. The predicted molar refractivity (Wildman–Crippen MR) is 147 cm³/mol. The normalized spacial score (nSPS) is 12.1. The maximum absolute atomic E-state index is 14.4. The number of nitrogens with one attached hydrogen (secondary N) is 2. The highest BCUT2D eigenvalue weighted by atomic mass is 127. The molecule has 3 aromatic carbocycles. The average molecular weight is 595 g/mol. The van der Waals surface area contributed by atoms with Crippen molar-refractivity contribution >= 4 is 50.3 Å². The Labute approximate surface area is 220 Å². The molecule has 36 heavy (non-hydrogen) atoms. The molecule has 182 valence electrons. The van der Waals surface area contributed by atoms with Crippen LogP contribution in [0.15, 0.2) is 72.9 Å². The highest BCUT2D eigenvalue weighted by Crippen LogP contribution is 2.29. The second kappa shape index (κ2) is 10.2. The molecule has 0 unspecified atom stereocenters. The van der Waals surface area contributed by atoms with Crippen LogP contribution in [0, 0.1) is 9.39 Å². The Balaban J connectivity index is 1.50. The number of H-pyrrole nitrogens is 1. The first kappa shape index (κ1) is 24.2. The van der Waals surface area contributed by atoms with Crippen LogP contribution >= 0.6 is 22.6 Å². The maximum atomic E-state index is 14.4. The van der Waals surface area contributed by atoms with Gasteiger partial charge in [0.25, 0.3) is 5.91 Å². The third-order valence-corrected chi connectivity index (χ3v) is 6.83. The summed E-state index contributed by atoms with van der Waals surface area (Å²) in [5.41, 5.74) is 4.02. The van der Waals surface area contributed by atoms with E-state index in [1.54, 1.807) is 12.1 Å². The Morgan fingerprint density at radius 1 is 1.14 bits per heavy atom. The molecule has 1 atom stereocenters. The van der Waals surface area contributed by atoms with Crippen LogP contribution in [0.3, 0.4) is 0 Å². The number of carbonyl (C=O) groups is 1. The van der Waals surface area contributed by atoms with Crippen molar-refractivity contribution in [1.82, 2.24) is 15.3 Å². The highest BCUT2D eigenvalue weighted by molar-refractivity contribution is 14.1. The van der Waals surface area contributed by atoms with E-state index in [1.165, 1.54) is 19.2 Å². The number of carbonyl (C=O) groups excluding carboxylic acids is 1. The molecule has 0 saturated heterocycles. The molecule has 0 fully saturated rings. The van der Waals surface area contributed by atoms with Gasteiger partial charge in [0.15, 0.2) is 11.6 Å². The van der Waals surface area contributed by atoms with Gasteiger partial charge in [-0.25, -0.2) is 9.37 Å². The number of amides is 1. The fraction of sp³-hybridized carbons (Fsp3) is 0.143. The van der Waals surface area contributed by atoms with E-state index in [0.717, 1.165) is 20.0 Å². The molecule has 2 heterocycles. The first-order valence-corrected chi connectivity index (χ1v) is 12.5. The Hall–Kier alpha value is -3.50. The molecule has 0 radical (unpaired) electrons. The van der Waals surface area contributed by atoms with Gasteiger partial charge in [-0.15, -0.1) is 0 Å². The van der Waals surface area contributed by atoms with E-state index in [2.05, 4.69) is 37.9 Å². The SMILES string of the molecule is COc1ccc(-c2cc(C(=O)N[C@@H](CO)Cc3c[nH]c4ccccc34)c3cc(I)ccc3n2)cc1F. The van der Waals surface area contributed by atoms with Crippen molar-refractivity contribution in [2.45, 2.75) is 12.5 Å². The lowest BCUT2D eigenvalue weighted by Gasteiger charge is -2.18. The van der Waals surface area contributed by atoms with Crippen LogP contribution in [-0.2, 0) is 6.42 Å². The number of ether oxygens (including phenoxy) is 1. The molecule has 6 nitrogen and oxygen atoms in total. The lowest BCUT2D eigenvalue weighted by molar-refractivity contribution is 0.0918. The van der Waals surface area contributed by atoms with E-state index >= 15 is 0 Å². The number of aromatic amines is 1. The first-order valence-electron chi connectivity index (χ1n) is 11.4. The molecule has 1 amide bonds. The van der Waals surface area contributed by atoms with Crippen molar-refractivity contribution in [3.8, 4) is 17.0 Å². The Morgan fingerprint density at radius 3 is 2.75 bits per heavy atom. The van der Waals surface area contributed by atoms with Gasteiger partial charge in [0.2, 0.25) is 0 Å². The van der Waals surface area contributed by atoms with E-state index in [4.69, 9.17) is 4.74 Å². The zero-order valence-corrected chi connectivity index (χ0v) is 21.5. The van der Waals surface area contributed by atoms with Gasteiger partial charge in [0.1, 0.15) is 0 Å². The molecule has 0 aliphatic heterocycles. The van der Waals surface area contributed by atoms with Gasteiger partial charge in [-0.3, -0.25) is 4.79 Å². The molecule has 0 aliphatic rings. The number of aliphatic hydroxyl groups is 1. The predicted octanol–water partition coefficient (Wildman–Crippen LogP) is 5.47. The first-order chi connectivity index (χ1) is 17.5. The zero-order chi connectivity index (χ0) is 25.2. The van der Waals surface area contributed by atoms with E-state index in [-0.39, 0.29) is 18.3 Å². The summed E-state index contributed by atoms with van der Waals surface area (Å²) in [6.45, 7) is -0.220. The molecule has 8 heteroatoms. The molecular weight excluding hydrogens is 572 g/mol. The maximum Gasteiger partial charge on any atom is 0.252 e. The van der Waals surface area contributed by atoms with Crippen LogP contribution in [0.4, 0.5) is 4.39 Å². The van der Waals surface area contributed by atoms with Crippen molar-refractivity contribution in [2.75, 3.05) is 13.7 Å². The minimum Gasteiger partial charge on any atom is -0.494 e. The van der Waals surface area contributed by atoms with Crippen LogP contribution in [0.1, 0.15) is 15.9 Å². The number of hydrogen-bond acceptors (Lipinski definition) is 4. The monoisotopic (exact) mass is 595 g/mol. The summed E-state index contributed by atoms with van der Waals surface area (Å²) >= 11 is 2.19. The van der Waals surface area contributed by atoms with Gasteiger partial charge >= 0.3 is 0 Å². The Morgan fingerprint density at radius 2 is 1.97 bits per heavy atom. The Bertz CT molecular complexity index is 1580. The van der Waals surface area contributed by atoms with Gasteiger partial charge in [0.05, 0.1) is 36.5 Å². The summed E-state index contributed by atoms with van der Waals surface area (Å²) in [5.74, 6) is -0.710. The van der Waals surface area contributed by atoms with Crippen LogP contribution < -0.4 is 10.1 Å². The topological polar surface area (TPSA) is 87.2 Å². The number of para-hydroxylation sites is 1. The molecular formula is C28H23FIN3O3. The van der Waals surface area contributed by atoms with Gasteiger partial charge < -0.3 is 20.1 Å². The minimum atomic E-state index is -0.510. The third-order valence-electron chi connectivity index (χ3n) is 6.16. The number of nitrogens with zero attached hydrogens (tertiary/aromatic N) is 1. The lowest BCUT2D eigenvalue weighted by atomic mass is 10.0. The molecule has 0 saturated carbocycles. The number of halogens is 2. The number of aliphatic hydroxyl groups excluding tert-OH is 1. The summed E-state index contributed by atoms with van der Waals surface area (Å²) in [6, 6.07) is 19.3. The number of hydrogen-bond donors (Lipinski definition) is 3. The van der Waals surface area contributed by atoms with Crippen molar-refractivity contribution < 1.29 is 19.0 Å². The fourth-order valence-electron chi connectivity index (χ4n) is 4.35. The highest BCUT2D eigenvalue weighted by Gasteiger charge is 2.20. The van der Waals surface area contributed by atoms with E-state index < -0.39 is 11.9 Å². The second-order valence-corrected chi connectivity index (χ2v) is 9.73. The number of benzene rings is 3. The minimum absolute atomic E-state index is 0.134. The van der Waals surface area contributed by atoms with Gasteiger partial charge in [-0.2, -0.15) is 0 Å². The van der Waals surface area contributed by atoms with Gasteiger partial charge in [-0.05, 0) is 83.1 Å². The largest absolute Gasteiger partial charge is 0.494 e. The van der Waals surface area contributed by atoms with Crippen molar-refractivity contribution in [2.24, 2.45) is 0 Å². The summed E-state index contributed by atoms with van der Waals surface area (Å²) < 4.78 is 20.4. The van der Waals surface area contributed by atoms with E-state index in [9.17, 15) is 14.3 Å². The van der Waals surface area contributed by atoms with E-state index in [1.807, 2.05) is 48.7 Å². The zero-order valence-electron chi connectivity index (χ0n) is 19.4. The Kier molecular flexibility index (Phi) is 6.88. The van der Waals surface area contributed by atoms with E-state index in [0.29, 0.717) is 34.1 Å². The number of rotatable bonds is 7. The average Bonchev–Trinajstić information content (AvgIpc) is 3.30. The standard InChI is InChI=1S/C28H23FIN3O3/c1-36-27-9-6-16(11-23(27)29)26-13-22(21-12-18(30)7-8-25(21)33-26)28(35)32-19(15-34)10-17-14-31-24-5-3-2-4-20(17)24/h2-9,11-14,19,31,34H,10,15H2,1H3,(H,32,35)/t19-/m1/s1. The number of aromatic nitrogens is 2. The smallest absolute Gasteiger partial charge is 0.252 e. The van der Waals surface area contributed by atoms with Crippen molar-refractivity contribution in [3.63, 3.8) is 0 Å². The molecule has 0 bridgehead atoms. The molecule has 5 aromatic rings. The summed E-state index contributed by atoms with van der Waals surface area (Å²) in [7, 11) is 1.41. The number of fused-ring (bicyclic) bond motifs is 2. The van der Waals surface area contributed by atoms with Crippen LogP contribution in [0.25, 0.3) is 33.1 Å². The summed E-state index contributed by atoms with van der Waals surface area (Å²) in [5, 5.41) is 14.8. The number of methoxy groups -OCH3 is 1. The van der Waals surface area contributed by atoms with Gasteiger partial charge in [0, 0.05) is 31.6 Å². The molecule has 3 N–H and O–H groups in total. The molecule has 5 rings (SSSR count). The third kappa shape index (κ3) is 4.78. The summed E-state index contributed by atoms with van der Waals surface area (Å²) in [4.78, 5) is 21.4. The fourth-order valence-corrected chi connectivity index (χ4v) is 4.84. The molecule has 2 aromatic heterocycles. The molecule has 0 aliphatic carbocycles. The number of pyridine rings is 1. The van der Waals surface area contributed by atoms with Crippen LogP contribution in [0.5, 0.6) is 5.75 Å². The van der Waals surface area contributed by atoms with Crippen molar-refractivity contribution in [1.29, 1.82) is 0 Å². The van der Waals surface area contributed by atoms with Crippen molar-refractivity contribution in [3.05, 3.63) is 93.4 Å². The quantitative estimate of drug-likeness (QED) is 0.218. The van der Waals surface area contributed by atoms with Gasteiger partial charge in [-0.1, -0.05) is 18.2 Å². The second-order valence-electron chi connectivity index (χ2n) is 8.48. The van der Waals surface area contributed by atoms with Crippen LogP contribution in [0.2, 0.25) is 0 Å². The summed E-state index contributed by atoms with van der Waals surface area (Å²) in [6.07, 6.45) is 2.36.